The number of amides is 3. The summed E-state index contributed by atoms with van der Waals surface area (Å²) in [7, 11) is -3.18. The molecule has 7 heteroatoms. The summed E-state index contributed by atoms with van der Waals surface area (Å²) in [5, 5.41) is 2.33. The molecule has 0 aromatic rings. The molecule has 1 N–H and O–H groups in total. The number of nitrogens with one attached hydrogen (secondary N) is 1. The van der Waals surface area contributed by atoms with E-state index in [2.05, 4.69) is 5.32 Å². The van der Waals surface area contributed by atoms with Gasteiger partial charge in [0, 0.05) is 6.26 Å². The van der Waals surface area contributed by atoms with E-state index in [-0.39, 0.29) is 18.2 Å². The number of hydrogen-bond donors (Lipinski definition) is 1. The SMILES string of the molecule is CC(CS(C)(=O)=O)N1C(=O)CNC1=O. The molecule has 0 spiro atoms. The van der Waals surface area contributed by atoms with Gasteiger partial charge >= 0.3 is 6.03 Å². The zero-order chi connectivity index (χ0) is 10.9. The van der Waals surface area contributed by atoms with Gasteiger partial charge in [0.25, 0.3) is 0 Å². The lowest BCUT2D eigenvalue weighted by Crippen LogP contribution is -2.42. The summed E-state index contributed by atoms with van der Waals surface area (Å²) in [5.41, 5.74) is 0. The van der Waals surface area contributed by atoms with Crippen molar-refractivity contribution in [3.63, 3.8) is 0 Å². The first-order chi connectivity index (χ1) is 6.31. The minimum absolute atomic E-state index is 0.0487. The highest BCUT2D eigenvalue weighted by molar-refractivity contribution is 7.90. The molecule has 0 bridgehead atoms. The monoisotopic (exact) mass is 220 g/mol. The average molecular weight is 220 g/mol. The van der Waals surface area contributed by atoms with E-state index in [4.69, 9.17) is 0 Å². The first-order valence-electron chi connectivity index (χ1n) is 4.09. The number of nitrogens with zero attached hydrogens (tertiary/aromatic N) is 1. The van der Waals surface area contributed by atoms with Crippen LogP contribution in [0.25, 0.3) is 0 Å². The van der Waals surface area contributed by atoms with Crippen molar-refractivity contribution < 1.29 is 18.0 Å². The number of carbonyl (C=O) groups is 2. The van der Waals surface area contributed by atoms with Crippen molar-refractivity contribution in [1.82, 2.24) is 10.2 Å². The van der Waals surface area contributed by atoms with Gasteiger partial charge in [-0.15, -0.1) is 0 Å². The van der Waals surface area contributed by atoms with Crippen molar-refractivity contribution >= 4 is 21.8 Å². The molecular formula is C7H12N2O4S. The van der Waals surface area contributed by atoms with Gasteiger partial charge in [0.2, 0.25) is 5.91 Å². The van der Waals surface area contributed by atoms with Crippen molar-refractivity contribution in [3.05, 3.63) is 0 Å². The third-order valence-corrected chi connectivity index (χ3v) is 2.95. The van der Waals surface area contributed by atoms with E-state index < -0.39 is 21.9 Å². The minimum atomic E-state index is -3.18. The molecule has 0 radical (unpaired) electrons. The molecule has 1 aliphatic rings. The molecular weight excluding hydrogens is 208 g/mol. The van der Waals surface area contributed by atoms with Crippen LogP contribution in [0.1, 0.15) is 6.92 Å². The second-order valence-corrected chi connectivity index (χ2v) is 5.55. The number of sulfone groups is 1. The average Bonchev–Trinajstić information content (AvgIpc) is 2.27. The molecule has 1 saturated heterocycles. The number of carbonyl (C=O) groups excluding carboxylic acids is 2. The molecule has 1 unspecified atom stereocenters. The fraction of sp³-hybridized carbons (Fsp3) is 0.714. The summed E-state index contributed by atoms with van der Waals surface area (Å²) in [4.78, 5) is 23.2. The third kappa shape index (κ3) is 2.44. The van der Waals surface area contributed by atoms with Gasteiger partial charge in [0.1, 0.15) is 9.84 Å². The molecule has 1 heterocycles. The molecule has 1 atom stereocenters. The van der Waals surface area contributed by atoms with Gasteiger partial charge < -0.3 is 5.32 Å². The van der Waals surface area contributed by atoms with Crippen molar-refractivity contribution in [2.45, 2.75) is 13.0 Å². The maximum atomic E-state index is 11.2. The lowest BCUT2D eigenvalue weighted by Gasteiger charge is -2.19. The van der Waals surface area contributed by atoms with E-state index in [0.717, 1.165) is 11.2 Å². The van der Waals surface area contributed by atoms with E-state index in [1.165, 1.54) is 6.92 Å². The molecule has 3 amide bonds. The predicted molar refractivity (Wildman–Crippen MR) is 49.4 cm³/mol. The van der Waals surface area contributed by atoms with E-state index in [0.29, 0.717) is 0 Å². The van der Waals surface area contributed by atoms with Gasteiger partial charge in [-0.05, 0) is 6.92 Å². The molecule has 14 heavy (non-hydrogen) atoms. The maximum Gasteiger partial charge on any atom is 0.324 e. The Morgan fingerprint density at radius 3 is 2.43 bits per heavy atom. The zero-order valence-corrected chi connectivity index (χ0v) is 8.80. The zero-order valence-electron chi connectivity index (χ0n) is 7.98. The summed E-state index contributed by atoms with van der Waals surface area (Å²) in [6.07, 6.45) is 1.07. The Kier molecular flexibility index (Phi) is 2.79. The van der Waals surface area contributed by atoms with Gasteiger partial charge in [-0.2, -0.15) is 0 Å². The van der Waals surface area contributed by atoms with Crippen LogP contribution in [-0.4, -0.2) is 49.9 Å². The predicted octanol–water partition coefficient (Wildman–Crippen LogP) is -1.03. The molecule has 0 saturated carbocycles. The Morgan fingerprint density at radius 2 is 2.07 bits per heavy atom. The summed E-state index contributed by atoms with van der Waals surface area (Å²) in [6, 6.07) is -1.13. The van der Waals surface area contributed by atoms with Gasteiger partial charge in [0.15, 0.2) is 0 Å². The smallest absolute Gasteiger partial charge is 0.324 e. The fourth-order valence-electron chi connectivity index (χ4n) is 1.39. The highest BCUT2D eigenvalue weighted by Gasteiger charge is 2.33. The molecule has 80 valence electrons. The quantitative estimate of drug-likeness (QED) is 0.616. The van der Waals surface area contributed by atoms with Gasteiger partial charge in [-0.25, -0.2) is 13.2 Å². The topological polar surface area (TPSA) is 83.6 Å². The summed E-state index contributed by atoms with van der Waals surface area (Å²) >= 11 is 0. The lowest BCUT2D eigenvalue weighted by atomic mass is 10.3. The maximum absolute atomic E-state index is 11.2. The Morgan fingerprint density at radius 1 is 1.50 bits per heavy atom. The third-order valence-electron chi connectivity index (χ3n) is 1.86. The van der Waals surface area contributed by atoms with Crippen LogP contribution in [0.5, 0.6) is 0 Å². The number of urea groups is 1. The van der Waals surface area contributed by atoms with E-state index in [1.54, 1.807) is 0 Å². The first-order valence-corrected chi connectivity index (χ1v) is 6.15. The Bertz CT molecular complexity index is 346. The van der Waals surface area contributed by atoms with Crippen molar-refractivity contribution in [1.29, 1.82) is 0 Å². The molecule has 0 aliphatic carbocycles. The Labute approximate surface area is 82.2 Å². The highest BCUT2D eigenvalue weighted by atomic mass is 32.2. The van der Waals surface area contributed by atoms with Crippen LogP contribution in [0.4, 0.5) is 4.79 Å². The van der Waals surface area contributed by atoms with Crippen LogP contribution in [0.2, 0.25) is 0 Å². The second kappa shape index (κ2) is 3.56. The van der Waals surface area contributed by atoms with Crippen molar-refractivity contribution in [3.8, 4) is 0 Å². The van der Waals surface area contributed by atoms with Gasteiger partial charge in [-0.1, -0.05) is 0 Å². The molecule has 1 aliphatic heterocycles. The molecule has 1 rings (SSSR count). The Balaban J connectivity index is 2.74. The normalized spacial score (nSPS) is 19.7. The van der Waals surface area contributed by atoms with Crippen LogP contribution >= 0.6 is 0 Å². The number of hydrogen-bond acceptors (Lipinski definition) is 4. The molecule has 6 nitrogen and oxygen atoms in total. The lowest BCUT2D eigenvalue weighted by molar-refractivity contribution is -0.126. The van der Waals surface area contributed by atoms with Crippen molar-refractivity contribution in [2.24, 2.45) is 0 Å². The second-order valence-electron chi connectivity index (χ2n) is 3.36. The van der Waals surface area contributed by atoms with E-state index in [1.807, 2.05) is 0 Å². The van der Waals surface area contributed by atoms with Crippen molar-refractivity contribution in [2.75, 3.05) is 18.6 Å². The summed E-state index contributed by atoms with van der Waals surface area (Å²) in [6.45, 7) is 1.48. The van der Waals surface area contributed by atoms with Gasteiger partial charge in [0.05, 0.1) is 18.3 Å². The molecule has 0 aromatic carbocycles. The Hall–Kier alpha value is -1.11. The van der Waals surface area contributed by atoms with Crippen LogP contribution in [-0.2, 0) is 14.6 Å². The van der Waals surface area contributed by atoms with Crippen LogP contribution < -0.4 is 5.32 Å². The molecule has 0 aromatic heterocycles. The fourth-order valence-corrected chi connectivity index (χ4v) is 2.42. The highest BCUT2D eigenvalue weighted by Crippen LogP contribution is 2.07. The molecule has 1 fully saturated rings. The standard InChI is InChI=1S/C7H12N2O4S/c1-5(4-14(2,12)13)9-6(10)3-8-7(9)11/h5H,3-4H2,1-2H3,(H,8,11). The number of imide groups is 1. The van der Waals surface area contributed by atoms with E-state index >= 15 is 0 Å². The van der Waals surface area contributed by atoms with Crippen LogP contribution in [0.3, 0.4) is 0 Å². The van der Waals surface area contributed by atoms with Gasteiger partial charge in [-0.3, -0.25) is 9.69 Å². The minimum Gasteiger partial charge on any atom is -0.329 e. The number of rotatable bonds is 3. The summed E-state index contributed by atoms with van der Waals surface area (Å²) in [5.74, 6) is -0.585. The van der Waals surface area contributed by atoms with E-state index in [9.17, 15) is 18.0 Å². The largest absolute Gasteiger partial charge is 0.329 e. The van der Waals surface area contributed by atoms with Crippen LogP contribution in [0.15, 0.2) is 0 Å². The van der Waals surface area contributed by atoms with Crippen LogP contribution in [0, 0.1) is 0 Å². The summed E-state index contributed by atoms with van der Waals surface area (Å²) < 4.78 is 21.9. The first kappa shape index (κ1) is 11.0.